The van der Waals surface area contributed by atoms with Gasteiger partial charge in [0.15, 0.2) is 10.7 Å². The van der Waals surface area contributed by atoms with Crippen molar-refractivity contribution in [2.45, 2.75) is 6.18 Å². The molecule has 1 aromatic carbocycles. The Hall–Kier alpha value is -1.89. The van der Waals surface area contributed by atoms with Gasteiger partial charge in [-0.2, -0.15) is 13.2 Å². The molecule has 1 aliphatic rings. The van der Waals surface area contributed by atoms with E-state index in [0.717, 1.165) is 7.11 Å². The maximum Gasteiger partial charge on any atom is 0.427 e. The molecule has 1 heterocycles. The van der Waals surface area contributed by atoms with Crippen molar-refractivity contribution in [3.8, 4) is 0 Å². The quantitative estimate of drug-likeness (QED) is 0.616. The van der Waals surface area contributed by atoms with Crippen molar-refractivity contribution in [3.63, 3.8) is 0 Å². The van der Waals surface area contributed by atoms with Crippen molar-refractivity contribution < 1.29 is 27.4 Å². The Morgan fingerprint density at radius 3 is 2.45 bits per heavy atom. The van der Waals surface area contributed by atoms with E-state index in [0.29, 0.717) is 17.3 Å². The lowest BCUT2D eigenvalue weighted by Crippen LogP contribution is -2.23. The summed E-state index contributed by atoms with van der Waals surface area (Å²) in [7, 11) is 0.889. The van der Waals surface area contributed by atoms with Crippen LogP contribution in [-0.4, -0.2) is 19.3 Å². The Kier molecular flexibility index (Phi) is 4.08. The topological polar surface area (TPSA) is 35.5 Å². The molecule has 20 heavy (non-hydrogen) atoms. The van der Waals surface area contributed by atoms with Gasteiger partial charge in [0.1, 0.15) is 5.76 Å². The monoisotopic (exact) mass is 302 g/mol. The SMILES string of the molecule is COC(=O)/C(=C1/OC(c2ccccc2)=CS1)C(F)(F)F. The number of esters is 1. The van der Waals surface area contributed by atoms with Crippen LogP contribution in [0.5, 0.6) is 0 Å². The zero-order valence-corrected chi connectivity index (χ0v) is 11.0. The van der Waals surface area contributed by atoms with Crippen LogP contribution in [-0.2, 0) is 14.3 Å². The molecule has 0 amide bonds. The minimum Gasteiger partial charge on any atom is -0.465 e. The molecule has 1 aromatic rings. The second-order valence-corrected chi connectivity index (χ2v) is 4.56. The Balaban J connectivity index is 2.32. The van der Waals surface area contributed by atoms with E-state index >= 15 is 0 Å². The molecule has 1 aliphatic heterocycles. The number of halogens is 3. The molecule has 0 aromatic heterocycles. The average Bonchev–Trinajstić information content (AvgIpc) is 2.87. The largest absolute Gasteiger partial charge is 0.465 e. The second-order valence-electron chi connectivity index (χ2n) is 3.72. The van der Waals surface area contributed by atoms with Crippen LogP contribution in [0, 0.1) is 0 Å². The first-order chi connectivity index (χ1) is 9.43. The highest BCUT2D eigenvalue weighted by Gasteiger charge is 2.44. The van der Waals surface area contributed by atoms with Crippen LogP contribution in [0.1, 0.15) is 5.56 Å². The molecule has 3 nitrogen and oxygen atoms in total. The number of thioether (sulfide) groups is 1. The number of alkyl halides is 3. The van der Waals surface area contributed by atoms with Gasteiger partial charge in [-0.1, -0.05) is 42.1 Å². The highest BCUT2D eigenvalue weighted by atomic mass is 32.2. The smallest absolute Gasteiger partial charge is 0.427 e. The molecule has 0 N–H and O–H groups in total. The molecule has 2 rings (SSSR count). The maximum absolute atomic E-state index is 12.9. The zero-order chi connectivity index (χ0) is 14.8. The minimum absolute atomic E-state index is 0.260. The van der Waals surface area contributed by atoms with Gasteiger partial charge in [-0.15, -0.1) is 0 Å². The fraction of sp³-hybridized carbons (Fsp3) is 0.154. The molecule has 0 saturated heterocycles. The highest BCUT2D eigenvalue weighted by molar-refractivity contribution is 8.06. The van der Waals surface area contributed by atoms with Gasteiger partial charge in [0.25, 0.3) is 0 Å². The first-order valence-corrected chi connectivity index (χ1v) is 6.31. The van der Waals surface area contributed by atoms with Crippen molar-refractivity contribution in [3.05, 3.63) is 52.0 Å². The van der Waals surface area contributed by atoms with Gasteiger partial charge in [-0.3, -0.25) is 0 Å². The first-order valence-electron chi connectivity index (χ1n) is 5.43. The van der Waals surface area contributed by atoms with E-state index in [1.807, 2.05) is 0 Å². The lowest BCUT2D eigenvalue weighted by Gasteiger charge is -2.12. The van der Waals surface area contributed by atoms with Crippen LogP contribution in [0.4, 0.5) is 13.2 Å². The standard InChI is InChI=1S/C13H9F3O3S/c1-18-11(17)10(13(14,15)16)12-19-9(7-20-12)8-5-3-2-4-6-8/h2-7H,1H3/b12-10+. The normalized spacial score (nSPS) is 17.3. The number of rotatable bonds is 2. The van der Waals surface area contributed by atoms with Crippen molar-refractivity contribution in [1.82, 2.24) is 0 Å². The van der Waals surface area contributed by atoms with Gasteiger partial charge in [0.2, 0.25) is 0 Å². The summed E-state index contributed by atoms with van der Waals surface area (Å²) in [5.74, 6) is -1.21. The number of carbonyl (C=O) groups is 1. The predicted octanol–water partition coefficient (Wildman–Crippen LogP) is 3.70. The summed E-state index contributed by atoms with van der Waals surface area (Å²) in [5.41, 5.74) is -0.812. The van der Waals surface area contributed by atoms with E-state index < -0.39 is 22.8 Å². The van der Waals surface area contributed by atoms with Crippen molar-refractivity contribution in [1.29, 1.82) is 0 Å². The van der Waals surface area contributed by atoms with Crippen LogP contribution in [0.15, 0.2) is 46.4 Å². The van der Waals surface area contributed by atoms with Crippen LogP contribution >= 0.6 is 11.8 Å². The summed E-state index contributed by atoms with van der Waals surface area (Å²) in [6.45, 7) is 0. The summed E-state index contributed by atoms with van der Waals surface area (Å²) in [4.78, 5) is 11.3. The van der Waals surface area contributed by atoms with Crippen molar-refractivity contribution >= 4 is 23.5 Å². The van der Waals surface area contributed by atoms with Gasteiger partial charge < -0.3 is 9.47 Å². The molecule has 0 saturated carbocycles. The summed E-state index contributed by atoms with van der Waals surface area (Å²) in [6, 6.07) is 8.63. The Morgan fingerprint density at radius 1 is 1.25 bits per heavy atom. The molecule has 106 valence electrons. The van der Waals surface area contributed by atoms with Gasteiger partial charge >= 0.3 is 12.1 Å². The summed E-state index contributed by atoms with van der Waals surface area (Å²) < 4.78 is 47.9. The summed E-state index contributed by atoms with van der Waals surface area (Å²) in [6.07, 6.45) is -4.84. The fourth-order valence-electron chi connectivity index (χ4n) is 1.51. The third-order valence-electron chi connectivity index (χ3n) is 2.41. The van der Waals surface area contributed by atoms with Gasteiger partial charge in [-0.25, -0.2) is 4.79 Å². The first kappa shape index (κ1) is 14.5. The Labute approximate surface area is 117 Å². The number of carbonyl (C=O) groups excluding carboxylic acids is 1. The Bertz CT molecular complexity index is 576. The molecule has 0 spiro atoms. The average molecular weight is 302 g/mol. The third-order valence-corrected chi connectivity index (χ3v) is 3.24. The summed E-state index contributed by atoms with van der Waals surface area (Å²) >= 11 is 0.699. The van der Waals surface area contributed by atoms with Gasteiger partial charge in [0, 0.05) is 11.0 Å². The molecule has 0 aliphatic carbocycles. The third kappa shape index (κ3) is 2.98. The van der Waals surface area contributed by atoms with E-state index in [1.165, 1.54) is 5.41 Å². The number of hydrogen-bond donors (Lipinski definition) is 0. The molecule has 0 bridgehead atoms. The molecular weight excluding hydrogens is 293 g/mol. The van der Waals surface area contributed by atoms with E-state index in [-0.39, 0.29) is 5.76 Å². The fourth-order valence-corrected chi connectivity index (χ4v) is 2.36. The lowest BCUT2D eigenvalue weighted by atomic mass is 10.2. The molecule has 0 unspecified atom stereocenters. The molecule has 0 atom stereocenters. The maximum atomic E-state index is 12.9. The van der Waals surface area contributed by atoms with E-state index in [4.69, 9.17) is 4.74 Å². The minimum atomic E-state index is -4.84. The van der Waals surface area contributed by atoms with E-state index in [1.54, 1.807) is 30.3 Å². The van der Waals surface area contributed by atoms with E-state index in [2.05, 4.69) is 4.74 Å². The molecule has 7 heteroatoms. The number of ether oxygens (including phenoxy) is 2. The Morgan fingerprint density at radius 2 is 1.90 bits per heavy atom. The molecular formula is C13H9F3O3S. The van der Waals surface area contributed by atoms with E-state index in [9.17, 15) is 18.0 Å². The van der Waals surface area contributed by atoms with Gasteiger partial charge in [0.05, 0.1) is 7.11 Å². The second kappa shape index (κ2) is 5.62. The van der Waals surface area contributed by atoms with Crippen LogP contribution in [0.2, 0.25) is 0 Å². The number of benzene rings is 1. The van der Waals surface area contributed by atoms with Crippen molar-refractivity contribution in [2.24, 2.45) is 0 Å². The lowest BCUT2D eigenvalue weighted by molar-refractivity contribution is -0.148. The van der Waals surface area contributed by atoms with Crippen LogP contribution in [0.25, 0.3) is 5.76 Å². The molecule has 0 radical (unpaired) electrons. The zero-order valence-electron chi connectivity index (χ0n) is 10.2. The molecule has 0 fully saturated rings. The van der Waals surface area contributed by atoms with Gasteiger partial charge in [-0.05, 0) is 0 Å². The number of hydrogen-bond acceptors (Lipinski definition) is 4. The predicted molar refractivity (Wildman–Crippen MR) is 68.2 cm³/mol. The highest BCUT2D eigenvalue weighted by Crippen LogP contribution is 2.42. The van der Waals surface area contributed by atoms with Crippen LogP contribution in [0.3, 0.4) is 0 Å². The van der Waals surface area contributed by atoms with Crippen LogP contribution < -0.4 is 0 Å². The summed E-state index contributed by atoms with van der Waals surface area (Å²) in [5, 5.41) is 0.891. The van der Waals surface area contributed by atoms with Crippen molar-refractivity contribution in [2.75, 3.05) is 7.11 Å². The number of methoxy groups -OCH3 is 1.